The van der Waals surface area contributed by atoms with Crippen molar-refractivity contribution in [1.82, 2.24) is 5.32 Å². The topological polar surface area (TPSA) is 61.8 Å². The van der Waals surface area contributed by atoms with Crippen LogP contribution in [-0.2, 0) is 4.79 Å². The maximum Gasteiger partial charge on any atom is 0.216 e. The summed E-state index contributed by atoms with van der Waals surface area (Å²) >= 11 is 0. The van der Waals surface area contributed by atoms with Crippen LogP contribution in [0.3, 0.4) is 0 Å². The number of nitrogens with one attached hydrogen (secondary N) is 1. The highest BCUT2D eigenvalue weighted by molar-refractivity contribution is 5.73. The summed E-state index contributed by atoms with van der Waals surface area (Å²) in [6, 6.07) is 14.7. The van der Waals surface area contributed by atoms with Gasteiger partial charge < -0.3 is 20.1 Å². The van der Waals surface area contributed by atoms with Crippen molar-refractivity contribution in [3.05, 3.63) is 48.5 Å². The molecule has 0 radical (unpaired) electrons. The molecule has 5 nitrogen and oxygen atoms in total. The molecule has 0 heterocycles. The number of methoxy groups -OCH3 is 1. The summed E-state index contributed by atoms with van der Waals surface area (Å²) in [5.41, 5.74) is 1.77. The summed E-state index contributed by atoms with van der Waals surface area (Å²) in [5.74, 6) is 0.883. The van der Waals surface area contributed by atoms with Gasteiger partial charge in [-0.25, -0.2) is 0 Å². The highest BCUT2D eigenvalue weighted by Gasteiger charge is 2.11. The minimum atomic E-state index is -0.0681. The smallest absolute Gasteiger partial charge is 0.216 e. The van der Waals surface area contributed by atoms with E-state index in [9.17, 15) is 9.90 Å². The third-order valence-corrected chi connectivity index (χ3v) is 3.22. The Kier molecular flexibility index (Phi) is 5.25. The number of hydrogen-bond acceptors (Lipinski definition) is 4. The van der Waals surface area contributed by atoms with Crippen LogP contribution < -0.4 is 15.0 Å². The van der Waals surface area contributed by atoms with Gasteiger partial charge in [0.25, 0.3) is 0 Å². The average Bonchev–Trinajstić information content (AvgIpc) is 2.51. The number of phenolic OH excluding ortho intramolecular Hbond substituents is 1. The summed E-state index contributed by atoms with van der Waals surface area (Å²) in [7, 11) is 1.62. The van der Waals surface area contributed by atoms with E-state index in [0.717, 1.165) is 17.1 Å². The number of amides is 1. The SMILES string of the molecule is COc1cccc(N(CCNC(C)=O)c2cccc(O)c2)c1. The minimum Gasteiger partial charge on any atom is -0.508 e. The molecule has 2 rings (SSSR count). The Bertz CT molecular complexity index is 643. The molecule has 0 saturated carbocycles. The molecule has 0 bridgehead atoms. The van der Waals surface area contributed by atoms with Crippen molar-refractivity contribution in [2.24, 2.45) is 0 Å². The predicted molar refractivity (Wildman–Crippen MR) is 86.8 cm³/mol. The number of nitrogens with zero attached hydrogens (tertiary/aromatic N) is 1. The Morgan fingerprint density at radius 2 is 1.86 bits per heavy atom. The molecule has 5 heteroatoms. The molecular formula is C17H20N2O3. The fourth-order valence-electron chi connectivity index (χ4n) is 2.19. The zero-order valence-corrected chi connectivity index (χ0v) is 12.7. The molecule has 0 spiro atoms. The Morgan fingerprint density at radius 3 is 2.50 bits per heavy atom. The van der Waals surface area contributed by atoms with Crippen LogP contribution in [0.5, 0.6) is 11.5 Å². The lowest BCUT2D eigenvalue weighted by Crippen LogP contribution is -2.31. The Hall–Kier alpha value is -2.69. The first-order valence-corrected chi connectivity index (χ1v) is 7.05. The second-order valence-corrected chi connectivity index (χ2v) is 4.86. The number of aromatic hydroxyl groups is 1. The van der Waals surface area contributed by atoms with E-state index in [4.69, 9.17) is 4.74 Å². The van der Waals surface area contributed by atoms with Crippen molar-refractivity contribution < 1.29 is 14.6 Å². The van der Waals surface area contributed by atoms with Crippen LogP contribution in [0.25, 0.3) is 0 Å². The van der Waals surface area contributed by atoms with Gasteiger partial charge in [-0.1, -0.05) is 12.1 Å². The second-order valence-electron chi connectivity index (χ2n) is 4.86. The van der Waals surface area contributed by atoms with E-state index in [1.807, 2.05) is 35.2 Å². The molecule has 0 aromatic heterocycles. The molecule has 0 unspecified atom stereocenters. The Labute approximate surface area is 130 Å². The maximum atomic E-state index is 11.1. The van der Waals surface area contributed by atoms with Crippen LogP contribution in [0, 0.1) is 0 Å². The van der Waals surface area contributed by atoms with Crippen molar-refractivity contribution in [2.75, 3.05) is 25.1 Å². The molecule has 0 aliphatic carbocycles. The van der Waals surface area contributed by atoms with E-state index in [1.54, 1.807) is 25.3 Å². The van der Waals surface area contributed by atoms with E-state index in [-0.39, 0.29) is 11.7 Å². The number of carbonyl (C=O) groups excluding carboxylic acids is 1. The lowest BCUT2D eigenvalue weighted by atomic mass is 10.2. The van der Waals surface area contributed by atoms with E-state index in [0.29, 0.717) is 13.1 Å². The van der Waals surface area contributed by atoms with Crippen LogP contribution in [0.4, 0.5) is 11.4 Å². The molecule has 0 aliphatic heterocycles. The molecule has 0 fully saturated rings. The van der Waals surface area contributed by atoms with Crippen LogP contribution in [0.15, 0.2) is 48.5 Å². The van der Waals surface area contributed by atoms with Gasteiger partial charge in [-0.05, 0) is 24.3 Å². The molecule has 116 valence electrons. The molecule has 1 amide bonds. The van der Waals surface area contributed by atoms with E-state index in [2.05, 4.69) is 5.32 Å². The second kappa shape index (κ2) is 7.36. The summed E-state index contributed by atoms with van der Waals surface area (Å²) in [5, 5.41) is 12.5. The number of phenols is 1. The van der Waals surface area contributed by atoms with Crippen molar-refractivity contribution in [2.45, 2.75) is 6.92 Å². The first kappa shape index (κ1) is 15.7. The predicted octanol–water partition coefficient (Wildman–Crippen LogP) is 2.68. The zero-order valence-electron chi connectivity index (χ0n) is 12.7. The molecule has 0 aliphatic rings. The monoisotopic (exact) mass is 300 g/mol. The van der Waals surface area contributed by atoms with Gasteiger partial charge in [0.1, 0.15) is 11.5 Å². The van der Waals surface area contributed by atoms with Gasteiger partial charge in [0, 0.05) is 43.5 Å². The van der Waals surface area contributed by atoms with Gasteiger partial charge in [0.15, 0.2) is 0 Å². The highest BCUT2D eigenvalue weighted by atomic mass is 16.5. The third kappa shape index (κ3) is 4.15. The molecule has 0 saturated heterocycles. The fourth-order valence-corrected chi connectivity index (χ4v) is 2.19. The van der Waals surface area contributed by atoms with Crippen LogP contribution >= 0.6 is 0 Å². The highest BCUT2D eigenvalue weighted by Crippen LogP contribution is 2.29. The van der Waals surface area contributed by atoms with Gasteiger partial charge in [-0.15, -0.1) is 0 Å². The molecular weight excluding hydrogens is 280 g/mol. The number of ether oxygens (including phenoxy) is 1. The van der Waals surface area contributed by atoms with Crippen LogP contribution in [0.1, 0.15) is 6.92 Å². The molecule has 22 heavy (non-hydrogen) atoms. The maximum absolute atomic E-state index is 11.1. The normalized spacial score (nSPS) is 10.1. The van der Waals surface area contributed by atoms with Gasteiger partial charge >= 0.3 is 0 Å². The molecule has 2 aromatic rings. The lowest BCUT2D eigenvalue weighted by molar-refractivity contribution is -0.118. The largest absolute Gasteiger partial charge is 0.508 e. The number of benzene rings is 2. The van der Waals surface area contributed by atoms with Crippen molar-refractivity contribution in [3.8, 4) is 11.5 Å². The molecule has 2 aromatic carbocycles. The first-order valence-electron chi connectivity index (χ1n) is 7.05. The van der Waals surface area contributed by atoms with Gasteiger partial charge in [-0.2, -0.15) is 0 Å². The quantitative estimate of drug-likeness (QED) is 0.861. The van der Waals surface area contributed by atoms with Crippen molar-refractivity contribution >= 4 is 17.3 Å². The summed E-state index contributed by atoms with van der Waals surface area (Å²) < 4.78 is 5.26. The Balaban J connectivity index is 2.29. The number of carbonyl (C=O) groups is 1. The van der Waals surface area contributed by atoms with Gasteiger partial charge in [-0.3, -0.25) is 4.79 Å². The van der Waals surface area contributed by atoms with E-state index < -0.39 is 0 Å². The standard InChI is InChI=1S/C17H20N2O3/c1-13(20)18-9-10-19(14-5-3-7-16(21)11-14)15-6-4-8-17(12-15)22-2/h3-8,11-12,21H,9-10H2,1-2H3,(H,18,20). The van der Waals surface area contributed by atoms with Gasteiger partial charge in [0.05, 0.1) is 7.11 Å². The summed E-state index contributed by atoms with van der Waals surface area (Å²) in [4.78, 5) is 13.1. The number of anilines is 2. The number of hydrogen-bond donors (Lipinski definition) is 2. The first-order chi connectivity index (χ1) is 10.6. The lowest BCUT2D eigenvalue weighted by Gasteiger charge is -2.25. The summed E-state index contributed by atoms with van der Waals surface area (Å²) in [6.07, 6.45) is 0. The minimum absolute atomic E-state index is 0.0681. The fraction of sp³-hybridized carbons (Fsp3) is 0.235. The number of rotatable bonds is 6. The van der Waals surface area contributed by atoms with Crippen molar-refractivity contribution in [3.63, 3.8) is 0 Å². The van der Waals surface area contributed by atoms with Crippen LogP contribution in [-0.4, -0.2) is 31.2 Å². The summed E-state index contributed by atoms with van der Waals surface area (Å²) in [6.45, 7) is 2.57. The molecule has 0 atom stereocenters. The van der Waals surface area contributed by atoms with Gasteiger partial charge in [0.2, 0.25) is 5.91 Å². The van der Waals surface area contributed by atoms with E-state index in [1.165, 1.54) is 6.92 Å². The van der Waals surface area contributed by atoms with Crippen molar-refractivity contribution in [1.29, 1.82) is 0 Å². The van der Waals surface area contributed by atoms with E-state index >= 15 is 0 Å². The molecule has 2 N–H and O–H groups in total. The average molecular weight is 300 g/mol. The van der Waals surface area contributed by atoms with Crippen LogP contribution in [0.2, 0.25) is 0 Å². The zero-order chi connectivity index (χ0) is 15.9. The third-order valence-electron chi connectivity index (χ3n) is 3.22. The Morgan fingerprint density at radius 1 is 1.18 bits per heavy atom.